The van der Waals surface area contributed by atoms with Gasteiger partial charge in [-0.3, -0.25) is 4.79 Å². The molecule has 0 bridgehead atoms. The van der Waals surface area contributed by atoms with Crippen LogP contribution in [0.5, 0.6) is 11.5 Å². The summed E-state index contributed by atoms with van der Waals surface area (Å²) in [6, 6.07) is 21.0. The Morgan fingerprint density at radius 1 is 0.977 bits per heavy atom. The zero-order valence-electron chi connectivity index (χ0n) is 24.6. The van der Waals surface area contributed by atoms with Crippen LogP contribution in [-0.2, 0) is 16.4 Å². The van der Waals surface area contributed by atoms with E-state index < -0.39 is 15.9 Å². The number of para-hydroxylation sites is 1. The largest absolute Gasteiger partial charge is 0.508 e. The number of hydrogen-bond donors (Lipinski definition) is 4. The van der Waals surface area contributed by atoms with Crippen LogP contribution in [0.3, 0.4) is 0 Å². The van der Waals surface area contributed by atoms with Gasteiger partial charge in [-0.2, -0.15) is 0 Å². The van der Waals surface area contributed by atoms with Crippen LogP contribution in [0, 0.1) is 0 Å². The number of rotatable bonds is 14. The molecule has 4 N–H and O–H groups in total. The lowest BCUT2D eigenvalue weighted by atomic mass is 9.97. The van der Waals surface area contributed by atoms with Crippen molar-refractivity contribution in [3.05, 3.63) is 83.4 Å². The standard InChI is InChI=1S/C33H42N2O6S.ClH/c1-24(29-12-5-6-13-31(29)37)34-20-7-9-25-14-16-26(17-15-25)27-18-19-30(33(38)35-42(39,40)22-8-21-36)32(23-27)41-28-10-3-2-4-11-28;/h5-6,12-19,23-24,28,34,36-37H,2-4,7-11,20-22H2,1H3,(H,35,38);1H. The molecule has 1 unspecified atom stereocenters. The van der Waals surface area contributed by atoms with Crippen molar-refractivity contribution in [2.24, 2.45) is 0 Å². The summed E-state index contributed by atoms with van der Waals surface area (Å²) in [5.74, 6) is -0.379. The number of ether oxygens (including phenoxy) is 1. The Balaban J connectivity index is 0.00000506. The maximum absolute atomic E-state index is 13.0. The second-order valence-electron chi connectivity index (χ2n) is 11.0. The lowest BCUT2D eigenvalue weighted by Crippen LogP contribution is -2.33. The fraction of sp³-hybridized carbons (Fsp3) is 0.424. The Kier molecular flexibility index (Phi) is 13.3. The number of carbonyl (C=O) groups is 1. The number of aromatic hydroxyl groups is 1. The summed E-state index contributed by atoms with van der Waals surface area (Å²) >= 11 is 0. The maximum atomic E-state index is 13.0. The highest BCUT2D eigenvalue weighted by molar-refractivity contribution is 7.90. The molecule has 10 heteroatoms. The summed E-state index contributed by atoms with van der Waals surface area (Å²) < 4.78 is 33.0. The molecule has 1 saturated carbocycles. The van der Waals surface area contributed by atoms with Crippen molar-refractivity contribution in [1.82, 2.24) is 10.0 Å². The van der Waals surface area contributed by atoms with Crippen molar-refractivity contribution in [1.29, 1.82) is 0 Å². The summed E-state index contributed by atoms with van der Waals surface area (Å²) in [6.45, 7) is 2.59. The number of phenolic OH excluding ortho intramolecular Hbond substituents is 1. The van der Waals surface area contributed by atoms with Gasteiger partial charge in [0, 0.05) is 18.2 Å². The number of aryl methyl sites for hydroxylation is 1. The van der Waals surface area contributed by atoms with E-state index in [9.17, 15) is 18.3 Å². The number of phenols is 1. The van der Waals surface area contributed by atoms with Crippen LogP contribution in [0.25, 0.3) is 11.1 Å². The molecule has 0 spiro atoms. The molecule has 3 aromatic rings. The van der Waals surface area contributed by atoms with E-state index in [-0.39, 0.29) is 48.9 Å². The predicted molar refractivity (Wildman–Crippen MR) is 172 cm³/mol. The third-order valence-corrected chi connectivity index (χ3v) is 9.00. The molecule has 1 amide bonds. The van der Waals surface area contributed by atoms with E-state index in [1.165, 1.54) is 5.56 Å². The molecule has 4 rings (SSSR count). The van der Waals surface area contributed by atoms with E-state index in [0.29, 0.717) is 11.5 Å². The lowest BCUT2D eigenvalue weighted by molar-refractivity contribution is 0.0969. The van der Waals surface area contributed by atoms with Gasteiger partial charge in [0.1, 0.15) is 11.5 Å². The first-order chi connectivity index (χ1) is 20.3. The van der Waals surface area contributed by atoms with Crippen LogP contribution in [0.1, 0.15) is 79.4 Å². The quantitative estimate of drug-likeness (QED) is 0.163. The molecule has 3 aromatic carbocycles. The zero-order valence-corrected chi connectivity index (χ0v) is 26.3. The fourth-order valence-electron chi connectivity index (χ4n) is 5.29. The van der Waals surface area contributed by atoms with E-state index in [1.807, 2.05) is 49.4 Å². The average molecular weight is 631 g/mol. The van der Waals surface area contributed by atoms with Gasteiger partial charge in [-0.1, -0.05) is 55.0 Å². The van der Waals surface area contributed by atoms with Gasteiger partial charge in [0.25, 0.3) is 5.91 Å². The van der Waals surface area contributed by atoms with Crippen LogP contribution >= 0.6 is 12.4 Å². The van der Waals surface area contributed by atoms with Gasteiger partial charge in [0.2, 0.25) is 10.0 Å². The molecule has 1 fully saturated rings. The Labute approximate surface area is 261 Å². The molecular weight excluding hydrogens is 588 g/mol. The zero-order chi connectivity index (χ0) is 30.0. The van der Waals surface area contributed by atoms with Gasteiger partial charge >= 0.3 is 0 Å². The molecule has 43 heavy (non-hydrogen) atoms. The molecule has 234 valence electrons. The molecule has 0 aromatic heterocycles. The minimum absolute atomic E-state index is 0. The van der Waals surface area contributed by atoms with Crippen molar-refractivity contribution < 1.29 is 28.2 Å². The summed E-state index contributed by atoms with van der Waals surface area (Å²) in [5.41, 5.74) is 4.13. The van der Waals surface area contributed by atoms with Crippen molar-refractivity contribution in [2.45, 2.75) is 70.4 Å². The Hall–Kier alpha value is -3.11. The highest BCUT2D eigenvalue weighted by Gasteiger charge is 2.23. The van der Waals surface area contributed by atoms with E-state index in [1.54, 1.807) is 12.1 Å². The average Bonchev–Trinajstić information content (AvgIpc) is 2.99. The van der Waals surface area contributed by atoms with Gasteiger partial charge in [0.05, 0.1) is 17.4 Å². The number of benzene rings is 3. The van der Waals surface area contributed by atoms with E-state index in [2.05, 4.69) is 22.2 Å². The fourth-order valence-corrected chi connectivity index (χ4v) is 6.29. The van der Waals surface area contributed by atoms with Crippen LogP contribution in [-0.4, -0.2) is 49.5 Å². The first kappa shape index (κ1) is 34.4. The minimum atomic E-state index is -3.87. The monoisotopic (exact) mass is 630 g/mol. The van der Waals surface area contributed by atoms with Crippen molar-refractivity contribution in [3.8, 4) is 22.6 Å². The maximum Gasteiger partial charge on any atom is 0.268 e. The molecule has 0 aliphatic heterocycles. The normalized spacial score (nSPS) is 14.5. The first-order valence-corrected chi connectivity index (χ1v) is 16.5. The molecule has 1 atom stereocenters. The van der Waals surface area contributed by atoms with Crippen LogP contribution in [0.2, 0.25) is 0 Å². The lowest BCUT2D eigenvalue weighted by Gasteiger charge is -2.24. The Morgan fingerprint density at radius 3 is 2.37 bits per heavy atom. The molecule has 1 aliphatic rings. The van der Waals surface area contributed by atoms with Crippen molar-refractivity contribution >= 4 is 28.3 Å². The second kappa shape index (κ2) is 16.7. The van der Waals surface area contributed by atoms with E-state index in [0.717, 1.165) is 68.2 Å². The molecule has 0 saturated heterocycles. The molecule has 0 radical (unpaired) electrons. The van der Waals surface area contributed by atoms with Crippen molar-refractivity contribution in [2.75, 3.05) is 18.9 Å². The summed E-state index contributed by atoms with van der Waals surface area (Å²) in [5, 5.41) is 22.5. The highest BCUT2D eigenvalue weighted by Crippen LogP contribution is 2.31. The topological polar surface area (TPSA) is 125 Å². The number of carbonyl (C=O) groups excluding carboxylic acids is 1. The van der Waals surface area contributed by atoms with Gasteiger partial charge in [-0.05, 0) is 93.3 Å². The Bertz CT molecular complexity index is 1430. The van der Waals surface area contributed by atoms with Crippen LogP contribution < -0.4 is 14.8 Å². The minimum Gasteiger partial charge on any atom is -0.508 e. The number of amides is 1. The predicted octanol–water partition coefficient (Wildman–Crippen LogP) is 5.92. The Morgan fingerprint density at radius 2 is 1.67 bits per heavy atom. The third kappa shape index (κ3) is 10.2. The summed E-state index contributed by atoms with van der Waals surface area (Å²) in [7, 11) is -3.87. The van der Waals surface area contributed by atoms with Crippen LogP contribution in [0.4, 0.5) is 0 Å². The highest BCUT2D eigenvalue weighted by atomic mass is 35.5. The van der Waals surface area contributed by atoms with Gasteiger partial charge in [-0.25, -0.2) is 13.1 Å². The van der Waals surface area contributed by atoms with Crippen LogP contribution in [0.15, 0.2) is 66.7 Å². The number of aliphatic hydroxyl groups is 1. The molecule has 0 heterocycles. The van der Waals surface area contributed by atoms with Gasteiger partial charge in [0.15, 0.2) is 0 Å². The number of sulfonamides is 1. The second-order valence-corrected chi connectivity index (χ2v) is 12.8. The smallest absolute Gasteiger partial charge is 0.268 e. The van der Waals surface area contributed by atoms with E-state index in [4.69, 9.17) is 9.84 Å². The number of aliphatic hydroxyl groups excluding tert-OH is 1. The number of hydrogen-bond acceptors (Lipinski definition) is 7. The first-order valence-electron chi connectivity index (χ1n) is 14.8. The molecular formula is C33H43ClN2O6S. The number of halogens is 1. The third-order valence-electron chi connectivity index (χ3n) is 7.67. The van der Waals surface area contributed by atoms with Gasteiger partial charge in [-0.15, -0.1) is 12.4 Å². The SMILES string of the molecule is CC(NCCCc1ccc(-c2ccc(C(=O)NS(=O)(=O)CCCO)c(OC3CCCCC3)c2)cc1)c1ccccc1O.Cl. The van der Waals surface area contributed by atoms with Crippen molar-refractivity contribution in [3.63, 3.8) is 0 Å². The van der Waals surface area contributed by atoms with E-state index >= 15 is 0 Å². The van der Waals surface area contributed by atoms with Gasteiger partial charge < -0.3 is 20.3 Å². The summed E-state index contributed by atoms with van der Waals surface area (Å²) in [4.78, 5) is 13.0. The number of nitrogens with one attached hydrogen (secondary N) is 2. The molecule has 1 aliphatic carbocycles. The molecule has 8 nitrogen and oxygen atoms in total. The summed E-state index contributed by atoms with van der Waals surface area (Å²) in [6.07, 6.45) is 6.96.